The molecule has 2 aliphatic rings. The van der Waals surface area contributed by atoms with Crippen molar-refractivity contribution in [3.63, 3.8) is 0 Å². The highest BCUT2D eigenvalue weighted by Gasteiger charge is 2.25. The second kappa shape index (κ2) is 6.25. The molecule has 0 spiro atoms. The maximum absolute atomic E-state index is 12.3. The quantitative estimate of drug-likeness (QED) is 0.885. The van der Waals surface area contributed by atoms with E-state index < -0.39 is 0 Å². The number of imidazole rings is 1. The van der Waals surface area contributed by atoms with E-state index in [0.29, 0.717) is 18.2 Å². The molecule has 1 amide bonds. The maximum atomic E-state index is 12.3. The van der Waals surface area contributed by atoms with Crippen LogP contribution < -0.4 is 5.32 Å². The van der Waals surface area contributed by atoms with Gasteiger partial charge in [0.25, 0.3) is 5.91 Å². The van der Waals surface area contributed by atoms with Gasteiger partial charge in [-0.15, -0.1) is 0 Å². The third-order valence-electron chi connectivity index (χ3n) is 4.43. The van der Waals surface area contributed by atoms with Crippen LogP contribution in [0.5, 0.6) is 0 Å². The molecule has 1 saturated carbocycles. The summed E-state index contributed by atoms with van der Waals surface area (Å²) in [6, 6.07) is 2.37. The van der Waals surface area contributed by atoms with Gasteiger partial charge in [0.05, 0.1) is 25.1 Å². The Balaban J connectivity index is 1.37. The summed E-state index contributed by atoms with van der Waals surface area (Å²) in [5, 5.41) is 2.96. The van der Waals surface area contributed by atoms with Crippen LogP contribution in [-0.2, 0) is 4.74 Å². The summed E-state index contributed by atoms with van der Waals surface area (Å²) in [5.41, 5.74) is 2.23. The summed E-state index contributed by atoms with van der Waals surface area (Å²) in [6.07, 6.45) is 5.86. The van der Waals surface area contributed by atoms with Crippen molar-refractivity contribution in [3.05, 3.63) is 24.2 Å². The number of rotatable bonds is 5. The Kier molecular flexibility index (Phi) is 3.97. The fraction of sp³-hybridized carbons (Fsp3) is 0.562. The van der Waals surface area contributed by atoms with Gasteiger partial charge in [-0.2, -0.15) is 0 Å². The molecule has 23 heavy (non-hydrogen) atoms. The molecule has 0 bridgehead atoms. The highest BCUT2D eigenvalue weighted by atomic mass is 16.5. The molecule has 1 aliphatic heterocycles. The van der Waals surface area contributed by atoms with Gasteiger partial charge in [0.2, 0.25) is 0 Å². The lowest BCUT2D eigenvalue weighted by Crippen LogP contribution is -2.41. The number of carbonyl (C=O) groups is 1. The lowest BCUT2D eigenvalue weighted by molar-refractivity contribution is 0.0383. The van der Waals surface area contributed by atoms with E-state index in [1.807, 2.05) is 12.4 Å². The smallest absolute Gasteiger partial charge is 0.252 e. The Hall–Kier alpha value is -1.99. The number of nitrogens with one attached hydrogen (secondary N) is 1. The molecule has 1 N–H and O–H groups in total. The van der Waals surface area contributed by atoms with E-state index in [2.05, 4.69) is 24.8 Å². The minimum absolute atomic E-state index is 0.0892. The van der Waals surface area contributed by atoms with Crippen molar-refractivity contribution in [2.45, 2.75) is 18.9 Å². The summed E-state index contributed by atoms with van der Waals surface area (Å²) >= 11 is 0. The van der Waals surface area contributed by atoms with Crippen molar-refractivity contribution in [1.29, 1.82) is 0 Å². The molecule has 0 radical (unpaired) electrons. The second-order valence-corrected chi connectivity index (χ2v) is 6.16. The lowest BCUT2D eigenvalue weighted by atomic mass is 10.2. The Labute approximate surface area is 134 Å². The van der Waals surface area contributed by atoms with Crippen LogP contribution >= 0.6 is 0 Å². The first-order chi connectivity index (χ1) is 11.3. The molecule has 0 atom stereocenters. The number of amides is 1. The Morgan fingerprint density at radius 1 is 1.30 bits per heavy atom. The Morgan fingerprint density at radius 2 is 2.13 bits per heavy atom. The topological polar surface area (TPSA) is 72.3 Å². The van der Waals surface area contributed by atoms with Crippen LogP contribution in [0.25, 0.3) is 11.2 Å². The molecule has 7 heteroatoms. The van der Waals surface area contributed by atoms with Crippen LogP contribution in [0.15, 0.2) is 18.6 Å². The number of pyridine rings is 1. The van der Waals surface area contributed by atoms with Crippen LogP contribution in [0.2, 0.25) is 0 Å². The summed E-state index contributed by atoms with van der Waals surface area (Å²) in [4.78, 5) is 23.4. The minimum Gasteiger partial charge on any atom is -0.379 e. The molecule has 7 nitrogen and oxygen atoms in total. The molecule has 2 fully saturated rings. The summed E-state index contributed by atoms with van der Waals surface area (Å²) in [7, 11) is 0. The number of morpholine rings is 1. The van der Waals surface area contributed by atoms with E-state index in [-0.39, 0.29) is 5.91 Å². The highest BCUT2D eigenvalue weighted by molar-refractivity contribution is 5.96. The van der Waals surface area contributed by atoms with Gasteiger partial charge in [-0.3, -0.25) is 9.69 Å². The van der Waals surface area contributed by atoms with Crippen LogP contribution in [0.3, 0.4) is 0 Å². The summed E-state index contributed by atoms with van der Waals surface area (Å²) in [6.45, 7) is 4.90. The maximum Gasteiger partial charge on any atom is 0.252 e. The molecule has 0 unspecified atom stereocenters. The molecule has 2 aromatic heterocycles. The molecule has 1 saturated heterocycles. The van der Waals surface area contributed by atoms with Crippen molar-refractivity contribution < 1.29 is 9.53 Å². The van der Waals surface area contributed by atoms with Crippen molar-refractivity contribution in [2.24, 2.45) is 0 Å². The first-order valence-corrected chi connectivity index (χ1v) is 8.22. The van der Waals surface area contributed by atoms with E-state index >= 15 is 0 Å². The number of hydrogen-bond donors (Lipinski definition) is 1. The predicted octanol–water partition coefficient (Wildman–Crippen LogP) is 0.828. The van der Waals surface area contributed by atoms with Gasteiger partial charge in [-0.25, -0.2) is 9.97 Å². The summed E-state index contributed by atoms with van der Waals surface area (Å²) < 4.78 is 7.42. The van der Waals surface area contributed by atoms with Gasteiger partial charge in [-0.1, -0.05) is 0 Å². The summed E-state index contributed by atoms with van der Waals surface area (Å²) in [5.74, 6) is -0.0892. The van der Waals surface area contributed by atoms with E-state index in [1.54, 1.807) is 6.20 Å². The lowest BCUT2D eigenvalue weighted by Gasteiger charge is -2.26. The zero-order valence-electron chi connectivity index (χ0n) is 13.1. The third-order valence-corrected chi connectivity index (χ3v) is 4.43. The van der Waals surface area contributed by atoms with Crippen molar-refractivity contribution in [1.82, 2.24) is 24.8 Å². The molecule has 3 heterocycles. The number of fused-ring (bicyclic) bond motifs is 1. The monoisotopic (exact) mass is 315 g/mol. The average Bonchev–Trinajstić information content (AvgIpc) is 3.34. The van der Waals surface area contributed by atoms with Crippen LogP contribution in [0.1, 0.15) is 29.2 Å². The van der Waals surface area contributed by atoms with Crippen LogP contribution in [0, 0.1) is 0 Å². The van der Waals surface area contributed by atoms with Crippen LogP contribution in [0.4, 0.5) is 0 Å². The van der Waals surface area contributed by atoms with Crippen LogP contribution in [-0.4, -0.2) is 64.7 Å². The Morgan fingerprint density at radius 3 is 2.91 bits per heavy atom. The van der Waals surface area contributed by atoms with Gasteiger partial charge in [0, 0.05) is 38.4 Å². The highest BCUT2D eigenvalue weighted by Crippen LogP contribution is 2.36. The molecule has 0 aromatic carbocycles. The van der Waals surface area contributed by atoms with E-state index in [9.17, 15) is 4.79 Å². The fourth-order valence-corrected chi connectivity index (χ4v) is 2.92. The molecular weight excluding hydrogens is 294 g/mol. The van der Waals surface area contributed by atoms with E-state index in [4.69, 9.17) is 4.74 Å². The molecule has 2 aromatic rings. The largest absolute Gasteiger partial charge is 0.379 e. The minimum atomic E-state index is -0.0892. The van der Waals surface area contributed by atoms with Gasteiger partial charge < -0.3 is 14.6 Å². The average molecular weight is 315 g/mol. The number of nitrogens with zero attached hydrogens (tertiary/aromatic N) is 4. The fourth-order valence-electron chi connectivity index (χ4n) is 2.92. The van der Waals surface area contributed by atoms with Crippen molar-refractivity contribution in [3.8, 4) is 0 Å². The van der Waals surface area contributed by atoms with E-state index in [0.717, 1.165) is 44.0 Å². The van der Waals surface area contributed by atoms with Gasteiger partial charge in [0.1, 0.15) is 5.52 Å². The van der Waals surface area contributed by atoms with Gasteiger partial charge >= 0.3 is 0 Å². The normalized spacial score (nSPS) is 19.1. The first kappa shape index (κ1) is 14.6. The number of ether oxygens (including phenoxy) is 1. The zero-order chi connectivity index (χ0) is 15.6. The molecule has 4 rings (SSSR count). The zero-order valence-corrected chi connectivity index (χ0v) is 13.1. The molecule has 1 aliphatic carbocycles. The molecule has 122 valence electrons. The predicted molar refractivity (Wildman–Crippen MR) is 85.4 cm³/mol. The second-order valence-electron chi connectivity index (χ2n) is 6.16. The Bertz CT molecular complexity index is 704. The number of aromatic nitrogens is 3. The van der Waals surface area contributed by atoms with Gasteiger partial charge in [-0.05, 0) is 18.9 Å². The van der Waals surface area contributed by atoms with Crippen molar-refractivity contribution >= 4 is 17.1 Å². The SMILES string of the molecule is O=C(NCCN1CCOCC1)c1cnc2c(c1)ncn2C1CC1. The molecular formula is C16H21N5O2. The standard InChI is InChI=1S/C16H21N5O2/c22-16(17-3-4-20-5-7-23-8-6-20)12-9-14-15(18-10-12)21(11-19-14)13-1-2-13/h9-11,13H,1-8H2,(H,17,22). The third kappa shape index (κ3) is 3.20. The van der Waals surface area contributed by atoms with Gasteiger partial charge in [0.15, 0.2) is 5.65 Å². The number of carbonyl (C=O) groups excluding carboxylic acids is 1. The number of hydrogen-bond acceptors (Lipinski definition) is 5. The van der Waals surface area contributed by atoms with Crippen molar-refractivity contribution in [2.75, 3.05) is 39.4 Å². The first-order valence-electron chi connectivity index (χ1n) is 8.22. The van der Waals surface area contributed by atoms with E-state index in [1.165, 1.54) is 12.8 Å².